The summed E-state index contributed by atoms with van der Waals surface area (Å²) in [4.78, 5) is 39.3. The van der Waals surface area contributed by atoms with Gasteiger partial charge in [0, 0.05) is 64.7 Å². The summed E-state index contributed by atoms with van der Waals surface area (Å²) in [7, 11) is 0. The highest BCUT2D eigenvalue weighted by atomic mass is 32.1. The minimum atomic E-state index is -1.40. The molecule has 0 aliphatic carbocycles. The molecule has 13 heteroatoms. The predicted octanol–water partition coefficient (Wildman–Crippen LogP) is 2.90. The molecule has 6 atom stereocenters. The van der Waals surface area contributed by atoms with Gasteiger partial charge >= 0.3 is 11.9 Å². The number of carboxylic acids is 2. The first kappa shape index (κ1) is 33.3. The molecule has 2 fully saturated rings. The van der Waals surface area contributed by atoms with Gasteiger partial charge in [-0.1, -0.05) is 26.5 Å². The van der Waals surface area contributed by atoms with Crippen LogP contribution in [0.25, 0.3) is 6.08 Å². The van der Waals surface area contributed by atoms with Gasteiger partial charge in [-0.25, -0.2) is 0 Å². The van der Waals surface area contributed by atoms with Crippen molar-refractivity contribution in [2.24, 2.45) is 11.8 Å². The number of aliphatic hydroxyl groups excluding tert-OH is 1. The highest BCUT2D eigenvalue weighted by molar-refractivity contribution is 7.80. The van der Waals surface area contributed by atoms with Crippen LogP contribution >= 0.6 is 12.6 Å². The number of amides is 1. The molecule has 1 spiro atoms. The van der Waals surface area contributed by atoms with Crippen LogP contribution in [0.3, 0.4) is 0 Å². The Bertz CT molecular complexity index is 1650. The molecule has 2 saturated heterocycles. The zero-order valence-electron chi connectivity index (χ0n) is 26.7. The molecule has 4 aliphatic heterocycles. The lowest BCUT2D eigenvalue weighted by molar-refractivity contribution is -0.138. The number of H-pyrrole nitrogens is 1. The fraction of sp³-hybridized carbons (Fsp3) is 0.485. The Morgan fingerprint density at radius 1 is 1.13 bits per heavy atom. The van der Waals surface area contributed by atoms with Gasteiger partial charge in [0.05, 0.1) is 11.7 Å². The van der Waals surface area contributed by atoms with Crippen molar-refractivity contribution in [3.63, 3.8) is 0 Å². The third-order valence-electron chi connectivity index (χ3n) is 10.0. The number of hydrogen-bond donors (Lipinski definition) is 10. The second-order valence-corrected chi connectivity index (χ2v) is 13.7. The first-order valence-corrected chi connectivity index (χ1v) is 16.0. The average Bonchev–Trinajstić information content (AvgIpc) is 3.27. The highest BCUT2D eigenvalue weighted by Crippen LogP contribution is 2.50. The molecule has 9 N–H and O–H groups in total. The van der Waals surface area contributed by atoms with Gasteiger partial charge in [0.2, 0.25) is 5.91 Å². The molecule has 0 aromatic carbocycles. The Labute approximate surface area is 273 Å². The van der Waals surface area contributed by atoms with Crippen molar-refractivity contribution < 1.29 is 34.8 Å². The number of rotatable bonds is 11. The topological polar surface area (TPSA) is 206 Å². The summed E-state index contributed by atoms with van der Waals surface area (Å²) in [6.45, 7) is 13.0. The van der Waals surface area contributed by atoms with E-state index in [1.54, 1.807) is 6.92 Å². The summed E-state index contributed by atoms with van der Waals surface area (Å²) in [5.74, 6) is -2.48. The molecule has 5 heterocycles. The van der Waals surface area contributed by atoms with Gasteiger partial charge in [-0.05, 0) is 62.0 Å². The van der Waals surface area contributed by atoms with E-state index >= 15 is 0 Å². The van der Waals surface area contributed by atoms with Gasteiger partial charge in [-0.3, -0.25) is 14.4 Å². The molecule has 0 bridgehead atoms. The lowest BCUT2D eigenvalue weighted by atomic mass is 9.88. The molecular formula is C33H43N5O7S. The van der Waals surface area contributed by atoms with E-state index in [0.29, 0.717) is 23.4 Å². The number of aliphatic carboxylic acids is 2. The maximum Gasteiger partial charge on any atom is 0.303 e. The monoisotopic (exact) mass is 653 g/mol. The van der Waals surface area contributed by atoms with E-state index in [-0.39, 0.29) is 54.6 Å². The Kier molecular flexibility index (Phi) is 8.62. The summed E-state index contributed by atoms with van der Waals surface area (Å²) in [6.07, 6.45) is 3.88. The molecule has 5 rings (SSSR count). The quantitative estimate of drug-likeness (QED) is 0.125. The number of thiol groups is 1. The number of carboxylic acid groups (broad SMARTS) is 2. The van der Waals surface area contributed by atoms with E-state index in [2.05, 4.69) is 45.5 Å². The first-order chi connectivity index (χ1) is 21.5. The van der Waals surface area contributed by atoms with Crippen molar-refractivity contribution in [3.05, 3.63) is 74.9 Å². The third kappa shape index (κ3) is 5.59. The number of aliphatic hydroxyl groups is 2. The fourth-order valence-corrected chi connectivity index (χ4v) is 7.63. The molecule has 12 nitrogen and oxygen atoms in total. The second-order valence-electron chi connectivity index (χ2n) is 12.9. The standard InChI is InChI=1S/C33H43N5O7S/c1-7-20-31(44)35-24(32(20,6)45)13-21-14(2)18(8-10-25(39)40)22(34-21)12-23-19(9-11-26(41)42)16(4)33(37-23)29(38-33)28-27(17(5)46)15(3)30(43)36-28/h7,12,15,17,24,27,34-35,37-38,44-46H,1,8-11,13H2,2-6H3,(H,36,43)(H,39,40)(H,41,42)/b23-12-,29-28+/t15-,17-,24-,27+,32+,33+/m1/s1. The normalized spacial score (nSPS) is 31.7. The van der Waals surface area contributed by atoms with Crippen LogP contribution in [0.4, 0.5) is 0 Å². The Morgan fingerprint density at radius 3 is 2.37 bits per heavy atom. The number of allylic oxidation sites excluding steroid dienone is 2. The minimum Gasteiger partial charge on any atom is -0.495 e. The van der Waals surface area contributed by atoms with E-state index in [0.717, 1.165) is 39.4 Å². The van der Waals surface area contributed by atoms with Crippen molar-refractivity contribution in [1.29, 1.82) is 0 Å². The van der Waals surface area contributed by atoms with Crippen LogP contribution in [-0.2, 0) is 27.2 Å². The van der Waals surface area contributed by atoms with Crippen LogP contribution in [-0.4, -0.2) is 65.8 Å². The zero-order chi connectivity index (χ0) is 33.9. The van der Waals surface area contributed by atoms with E-state index in [1.165, 1.54) is 6.08 Å². The van der Waals surface area contributed by atoms with E-state index in [4.69, 9.17) is 0 Å². The number of carbonyl (C=O) groups excluding carboxylic acids is 1. The van der Waals surface area contributed by atoms with Crippen molar-refractivity contribution in [2.75, 3.05) is 0 Å². The average molecular weight is 654 g/mol. The SMILES string of the molecule is C=CC1=C(O)N[C@H](Cc2[nH]c(/C=C3\N[C@]4(N/C4=C4/NC(=O)[C@H](C)[C@H]4[C@@H](C)S)C(C)=C3CCC(=O)O)c(CCC(=O)O)c2C)[C@@]1(C)O. The molecule has 0 saturated carbocycles. The number of nitrogens with one attached hydrogen (secondary N) is 5. The third-order valence-corrected chi connectivity index (χ3v) is 10.3. The molecule has 1 aromatic rings. The molecule has 1 aromatic heterocycles. The fourth-order valence-electron chi connectivity index (χ4n) is 7.22. The highest BCUT2D eigenvalue weighted by Gasteiger charge is 2.59. The van der Waals surface area contributed by atoms with Crippen LogP contribution in [0.5, 0.6) is 0 Å². The summed E-state index contributed by atoms with van der Waals surface area (Å²) >= 11 is 4.66. The lowest BCUT2D eigenvalue weighted by Gasteiger charge is -2.27. The molecular weight excluding hydrogens is 610 g/mol. The minimum absolute atomic E-state index is 0.0735. The summed E-state index contributed by atoms with van der Waals surface area (Å²) in [5, 5.41) is 53.5. The number of carbonyl (C=O) groups is 3. The van der Waals surface area contributed by atoms with Crippen molar-refractivity contribution in [2.45, 2.75) is 89.3 Å². The predicted molar refractivity (Wildman–Crippen MR) is 175 cm³/mol. The largest absolute Gasteiger partial charge is 0.495 e. The maximum atomic E-state index is 12.7. The van der Waals surface area contributed by atoms with Gasteiger partial charge in [0.25, 0.3) is 0 Å². The first-order valence-electron chi connectivity index (χ1n) is 15.4. The van der Waals surface area contributed by atoms with Crippen molar-refractivity contribution in [3.8, 4) is 0 Å². The van der Waals surface area contributed by atoms with Crippen LogP contribution in [0.15, 0.2) is 52.3 Å². The van der Waals surface area contributed by atoms with Gasteiger partial charge in [0.1, 0.15) is 5.60 Å². The molecule has 0 unspecified atom stereocenters. The Hall–Kier alpha value is -4.10. The number of aromatic amines is 1. The lowest BCUT2D eigenvalue weighted by Crippen LogP contribution is -2.44. The summed E-state index contributed by atoms with van der Waals surface area (Å²) in [5.41, 5.74) is 5.10. The molecule has 248 valence electrons. The van der Waals surface area contributed by atoms with Gasteiger partial charge in [-0.15, -0.1) is 0 Å². The van der Waals surface area contributed by atoms with Crippen molar-refractivity contribution >= 4 is 36.6 Å². The van der Waals surface area contributed by atoms with Gasteiger partial charge < -0.3 is 46.7 Å². The molecule has 1 amide bonds. The molecule has 46 heavy (non-hydrogen) atoms. The molecule has 4 aliphatic rings. The smallest absolute Gasteiger partial charge is 0.303 e. The van der Waals surface area contributed by atoms with E-state index < -0.39 is 29.2 Å². The van der Waals surface area contributed by atoms with E-state index in [1.807, 2.05) is 33.8 Å². The number of aromatic nitrogens is 1. The van der Waals surface area contributed by atoms with Crippen LogP contribution < -0.4 is 21.3 Å². The van der Waals surface area contributed by atoms with Crippen LogP contribution in [0.2, 0.25) is 0 Å². The van der Waals surface area contributed by atoms with Crippen molar-refractivity contribution in [1.82, 2.24) is 26.3 Å². The van der Waals surface area contributed by atoms with Gasteiger partial charge in [0.15, 0.2) is 11.5 Å². The Balaban J connectivity index is 1.55. The van der Waals surface area contributed by atoms with Crippen LogP contribution in [0, 0.1) is 18.8 Å². The number of hydrogen-bond acceptors (Lipinski definition) is 9. The van der Waals surface area contributed by atoms with Gasteiger partial charge in [-0.2, -0.15) is 12.6 Å². The maximum absolute atomic E-state index is 12.7. The summed E-state index contributed by atoms with van der Waals surface area (Å²) < 4.78 is 0. The van der Waals surface area contributed by atoms with E-state index in [9.17, 15) is 34.8 Å². The van der Waals surface area contributed by atoms with Crippen LogP contribution in [0.1, 0.15) is 69.5 Å². The Morgan fingerprint density at radius 2 is 1.78 bits per heavy atom. The zero-order valence-corrected chi connectivity index (χ0v) is 27.6. The molecule has 0 radical (unpaired) electrons. The second kappa shape index (κ2) is 11.9. The summed E-state index contributed by atoms with van der Waals surface area (Å²) in [6, 6.07) is -0.581.